The van der Waals surface area contributed by atoms with E-state index < -0.39 is 6.10 Å². The highest BCUT2D eigenvalue weighted by Gasteiger charge is 2.25. The Morgan fingerprint density at radius 1 is 1.33 bits per heavy atom. The summed E-state index contributed by atoms with van der Waals surface area (Å²) in [5.41, 5.74) is 1.03. The zero-order valence-electron chi connectivity index (χ0n) is 10.7. The van der Waals surface area contributed by atoms with Crippen molar-refractivity contribution >= 4 is 0 Å². The van der Waals surface area contributed by atoms with Gasteiger partial charge in [-0.1, -0.05) is 6.07 Å². The Labute approximate surface area is 107 Å². The second kappa shape index (κ2) is 6.04. The van der Waals surface area contributed by atoms with E-state index in [2.05, 4.69) is 5.32 Å². The van der Waals surface area contributed by atoms with E-state index in [1.54, 1.807) is 14.2 Å². The van der Waals surface area contributed by atoms with Crippen LogP contribution in [0.4, 0.5) is 0 Å². The van der Waals surface area contributed by atoms with Crippen molar-refractivity contribution in [3.63, 3.8) is 0 Å². The molecule has 5 nitrogen and oxygen atoms in total. The van der Waals surface area contributed by atoms with Crippen LogP contribution in [0.2, 0.25) is 0 Å². The maximum Gasteiger partial charge on any atom is 0.127 e. The third-order valence-electron chi connectivity index (χ3n) is 3.10. The van der Waals surface area contributed by atoms with Crippen LogP contribution < -0.4 is 14.8 Å². The monoisotopic (exact) mass is 253 g/mol. The minimum Gasteiger partial charge on any atom is -0.497 e. The lowest BCUT2D eigenvalue weighted by molar-refractivity contribution is 0.122. The maximum absolute atomic E-state index is 9.64. The molecule has 1 aromatic rings. The lowest BCUT2D eigenvalue weighted by atomic mass is 10.1. The Hall–Kier alpha value is -1.30. The van der Waals surface area contributed by atoms with E-state index in [0.29, 0.717) is 19.8 Å². The quantitative estimate of drug-likeness (QED) is 0.802. The molecule has 0 bridgehead atoms. The summed E-state index contributed by atoms with van der Waals surface area (Å²) in [7, 11) is 3.25. The van der Waals surface area contributed by atoms with Crippen molar-refractivity contribution in [1.29, 1.82) is 0 Å². The summed E-state index contributed by atoms with van der Waals surface area (Å²) in [5, 5.41) is 12.9. The van der Waals surface area contributed by atoms with Gasteiger partial charge in [0.25, 0.3) is 0 Å². The summed E-state index contributed by atoms with van der Waals surface area (Å²) < 4.78 is 15.6. The van der Waals surface area contributed by atoms with Crippen LogP contribution in [0.5, 0.6) is 11.5 Å². The van der Waals surface area contributed by atoms with Gasteiger partial charge >= 0.3 is 0 Å². The molecule has 1 fully saturated rings. The van der Waals surface area contributed by atoms with E-state index in [9.17, 15) is 5.11 Å². The molecular formula is C13H19NO4. The number of aliphatic hydroxyl groups is 1. The van der Waals surface area contributed by atoms with Crippen molar-refractivity contribution in [2.24, 2.45) is 0 Å². The second-order valence-corrected chi connectivity index (χ2v) is 4.27. The summed E-state index contributed by atoms with van der Waals surface area (Å²) in [6.45, 7) is 1.56. The highest BCUT2D eigenvalue weighted by Crippen LogP contribution is 2.24. The fraction of sp³-hybridized carbons (Fsp3) is 0.538. The molecule has 5 heteroatoms. The minimum absolute atomic E-state index is 0.0168. The second-order valence-electron chi connectivity index (χ2n) is 4.27. The molecule has 1 aromatic carbocycles. The number of hydrogen-bond acceptors (Lipinski definition) is 5. The third kappa shape index (κ3) is 2.93. The Balaban J connectivity index is 2.00. The highest BCUT2D eigenvalue weighted by molar-refractivity contribution is 5.40. The fourth-order valence-corrected chi connectivity index (χ4v) is 1.98. The number of rotatable bonds is 5. The fourth-order valence-electron chi connectivity index (χ4n) is 1.98. The molecule has 0 saturated carbocycles. The van der Waals surface area contributed by atoms with Gasteiger partial charge in [0.15, 0.2) is 0 Å². The van der Waals surface area contributed by atoms with E-state index in [-0.39, 0.29) is 6.04 Å². The largest absolute Gasteiger partial charge is 0.497 e. The number of methoxy groups -OCH3 is 2. The van der Waals surface area contributed by atoms with Gasteiger partial charge in [0.05, 0.1) is 39.6 Å². The van der Waals surface area contributed by atoms with Gasteiger partial charge in [-0.05, 0) is 6.07 Å². The smallest absolute Gasteiger partial charge is 0.127 e. The summed E-state index contributed by atoms with van der Waals surface area (Å²) in [5.74, 6) is 1.54. The maximum atomic E-state index is 9.64. The van der Waals surface area contributed by atoms with Gasteiger partial charge < -0.3 is 24.6 Å². The first-order chi connectivity index (χ1) is 8.74. The molecule has 0 radical (unpaired) electrons. The van der Waals surface area contributed by atoms with Gasteiger partial charge in [0, 0.05) is 18.2 Å². The van der Waals surface area contributed by atoms with Crippen LogP contribution in [0.25, 0.3) is 0 Å². The molecule has 0 amide bonds. The van der Waals surface area contributed by atoms with E-state index >= 15 is 0 Å². The minimum atomic E-state index is -0.436. The molecule has 0 aromatic heterocycles. The topological polar surface area (TPSA) is 60.0 Å². The first-order valence-corrected chi connectivity index (χ1v) is 5.94. The molecule has 18 heavy (non-hydrogen) atoms. The molecule has 1 saturated heterocycles. The molecule has 0 aliphatic carbocycles. The molecule has 2 rings (SSSR count). The third-order valence-corrected chi connectivity index (χ3v) is 3.10. The van der Waals surface area contributed by atoms with Crippen molar-refractivity contribution in [3.8, 4) is 11.5 Å². The van der Waals surface area contributed by atoms with E-state index in [1.165, 1.54) is 0 Å². The first-order valence-electron chi connectivity index (χ1n) is 5.94. The standard InChI is InChI=1S/C13H19NO4/c1-16-10-4-3-9(13(5-10)17-2)6-14-11-7-18-8-12(11)15/h3-5,11-12,14-15H,6-8H2,1-2H3. The molecule has 2 unspecified atom stereocenters. The van der Waals surface area contributed by atoms with E-state index in [0.717, 1.165) is 17.1 Å². The van der Waals surface area contributed by atoms with Gasteiger partial charge in [-0.25, -0.2) is 0 Å². The number of benzene rings is 1. The molecule has 100 valence electrons. The number of nitrogens with one attached hydrogen (secondary N) is 1. The van der Waals surface area contributed by atoms with Crippen LogP contribution in [0.3, 0.4) is 0 Å². The van der Waals surface area contributed by atoms with Gasteiger partial charge in [-0.2, -0.15) is 0 Å². The normalized spacial score (nSPS) is 23.1. The Bertz CT molecular complexity index is 397. The van der Waals surface area contributed by atoms with Gasteiger partial charge in [-0.15, -0.1) is 0 Å². The van der Waals surface area contributed by atoms with Crippen molar-refractivity contribution in [2.75, 3.05) is 27.4 Å². The Morgan fingerprint density at radius 2 is 2.17 bits per heavy atom. The summed E-state index contributed by atoms with van der Waals surface area (Å²) >= 11 is 0. The van der Waals surface area contributed by atoms with Crippen LogP contribution in [-0.2, 0) is 11.3 Å². The van der Waals surface area contributed by atoms with Gasteiger partial charge in [0.2, 0.25) is 0 Å². The molecule has 1 heterocycles. The lowest BCUT2D eigenvalue weighted by Gasteiger charge is -2.16. The van der Waals surface area contributed by atoms with Gasteiger partial charge in [0.1, 0.15) is 11.5 Å². The van der Waals surface area contributed by atoms with Crippen molar-refractivity contribution in [2.45, 2.75) is 18.7 Å². The van der Waals surface area contributed by atoms with Crippen molar-refractivity contribution in [3.05, 3.63) is 23.8 Å². The molecule has 1 aliphatic heterocycles. The summed E-state index contributed by atoms with van der Waals surface area (Å²) in [6, 6.07) is 5.67. The molecule has 2 atom stereocenters. The van der Waals surface area contributed by atoms with Crippen LogP contribution in [-0.4, -0.2) is 44.7 Å². The number of hydrogen-bond donors (Lipinski definition) is 2. The zero-order chi connectivity index (χ0) is 13.0. The predicted molar refractivity (Wildman–Crippen MR) is 67.0 cm³/mol. The van der Waals surface area contributed by atoms with Crippen molar-refractivity contribution in [1.82, 2.24) is 5.32 Å². The summed E-state index contributed by atoms with van der Waals surface area (Å²) in [4.78, 5) is 0. The molecule has 0 spiro atoms. The highest BCUT2D eigenvalue weighted by atomic mass is 16.5. The first kappa shape index (κ1) is 13.1. The Kier molecular flexibility index (Phi) is 4.41. The Morgan fingerprint density at radius 3 is 2.78 bits per heavy atom. The van der Waals surface area contributed by atoms with Crippen LogP contribution in [0.1, 0.15) is 5.56 Å². The number of aliphatic hydroxyl groups excluding tert-OH is 1. The average Bonchev–Trinajstić information content (AvgIpc) is 2.81. The van der Waals surface area contributed by atoms with E-state index in [1.807, 2.05) is 18.2 Å². The van der Waals surface area contributed by atoms with Crippen molar-refractivity contribution < 1.29 is 19.3 Å². The van der Waals surface area contributed by atoms with Crippen LogP contribution in [0, 0.1) is 0 Å². The summed E-state index contributed by atoms with van der Waals surface area (Å²) in [6.07, 6.45) is -0.436. The molecular weight excluding hydrogens is 234 g/mol. The lowest BCUT2D eigenvalue weighted by Crippen LogP contribution is -2.38. The molecule has 1 aliphatic rings. The molecule has 2 N–H and O–H groups in total. The number of ether oxygens (including phenoxy) is 3. The SMILES string of the molecule is COc1ccc(CNC2COCC2O)c(OC)c1. The van der Waals surface area contributed by atoms with Gasteiger partial charge in [-0.3, -0.25) is 0 Å². The predicted octanol–water partition coefficient (Wildman–Crippen LogP) is 0.553. The van der Waals surface area contributed by atoms with Crippen LogP contribution in [0.15, 0.2) is 18.2 Å². The van der Waals surface area contributed by atoms with Crippen LogP contribution >= 0.6 is 0 Å². The van der Waals surface area contributed by atoms with E-state index in [4.69, 9.17) is 14.2 Å². The zero-order valence-corrected chi connectivity index (χ0v) is 10.7. The average molecular weight is 253 g/mol.